The van der Waals surface area contributed by atoms with Crippen LogP contribution in [0.25, 0.3) is 0 Å². The second-order valence-corrected chi connectivity index (χ2v) is 5.04. The lowest BCUT2D eigenvalue weighted by molar-refractivity contribution is -0.148. The molecule has 2 heteroatoms. The van der Waals surface area contributed by atoms with Crippen molar-refractivity contribution in [3.05, 3.63) is 0 Å². The van der Waals surface area contributed by atoms with Gasteiger partial charge in [0.05, 0.1) is 0 Å². The van der Waals surface area contributed by atoms with E-state index in [0.717, 1.165) is 25.2 Å². The molecular formula is C14H26O2. The summed E-state index contributed by atoms with van der Waals surface area (Å²) < 4.78 is 5.45. The number of unbranched alkanes of at least 4 members (excludes halogenated alkanes) is 2. The van der Waals surface area contributed by atoms with Gasteiger partial charge in [-0.05, 0) is 31.6 Å². The van der Waals surface area contributed by atoms with Gasteiger partial charge in [-0.2, -0.15) is 0 Å². The summed E-state index contributed by atoms with van der Waals surface area (Å²) in [5.41, 5.74) is 0. The van der Waals surface area contributed by atoms with Crippen LogP contribution in [-0.4, -0.2) is 12.1 Å². The molecule has 2 unspecified atom stereocenters. The van der Waals surface area contributed by atoms with Gasteiger partial charge in [0, 0.05) is 6.42 Å². The molecule has 16 heavy (non-hydrogen) atoms. The third kappa shape index (κ3) is 5.00. The van der Waals surface area contributed by atoms with Crippen molar-refractivity contribution in [3.63, 3.8) is 0 Å². The molecule has 2 atom stereocenters. The third-order valence-electron chi connectivity index (χ3n) is 3.46. The van der Waals surface area contributed by atoms with Crippen LogP contribution in [0.2, 0.25) is 0 Å². The molecule has 0 aromatic heterocycles. The van der Waals surface area contributed by atoms with Crippen molar-refractivity contribution < 1.29 is 9.53 Å². The number of hydrogen-bond acceptors (Lipinski definition) is 2. The Morgan fingerprint density at radius 3 is 2.69 bits per heavy atom. The zero-order valence-electron chi connectivity index (χ0n) is 10.8. The molecule has 1 fully saturated rings. The lowest BCUT2D eigenvalue weighted by Crippen LogP contribution is -2.14. The van der Waals surface area contributed by atoms with Gasteiger partial charge in [-0.3, -0.25) is 4.79 Å². The maximum atomic E-state index is 11.3. The Hall–Kier alpha value is -0.530. The Morgan fingerprint density at radius 1 is 1.19 bits per heavy atom. The van der Waals surface area contributed by atoms with Gasteiger partial charge in [0.25, 0.3) is 0 Å². The highest BCUT2D eigenvalue weighted by molar-refractivity contribution is 5.69. The molecule has 1 aliphatic carbocycles. The second kappa shape index (κ2) is 7.70. The number of carbonyl (C=O) groups excluding carboxylic acids is 1. The first-order valence-electron chi connectivity index (χ1n) is 6.95. The van der Waals surface area contributed by atoms with Gasteiger partial charge in [0.2, 0.25) is 0 Å². The summed E-state index contributed by atoms with van der Waals surface area (Å²) in [7, 11) is 0. The van der Waals surface area contributed by atoms with Gasteiger partial charge >= 0.3 is 5.97 Å². The van der Waals surface area contributed by atoms with E-state index in [1.54, 1.807) is 0 Å². The predicted octanol–water partition coefficient (Wildman–Crippen LogP) is 4.08. The van der Waals surface area contributed by atoms with Gasteiger partial charge in [-0.1, -0.05) is 39.5 Å². The molecule has 0 spiro atoms. The first kappa shape index (κ1) is 13.5. The first-order valence-corrected chi connectivity index (χ1v) is 6.95. The minimum absolute atomic E-state index is 0.00158. The Morgan fingerprint density at radius 2 is 2.00 bits per heavy atom. The average Bonchev–Trinajstić information content (AvgIpc) is 2.66. The number of carbonyl (C=O) groups is 1. The van der Waals surface area contributed by atoms with Crippen LogP contribution in [0.4, 0.5) is 0 Å². The fraction of sp³-hybridized carbons (Fsp3) is 0.929. The van der Waals surface area contributed by atoms with Crippen LogP contribution >= 0.6 is 0 Å². The molecule has 1 rings (SSSR count). The van der Waals surface area contributed by atoms with Crippen LogP contribution in [0.5, 0.6) is 0 Å². The average molecular weight is 226 g/mol. The number of ether oxygens (including phenoxy) is 1. The second-order valence-electron chi connectivity index (χ2n) is 5.04. The summed E-state index contributed by atoms with van der Waals surface area (Å²) in [6.45, 7) is 4.26. The lowest BCUT2D eigenvalue weighted by atomic mass is 10.00. The number of rotatable bonds is 7. The largest absolute Gasteiger partial charge is 0.462 e. The van der Waals surface area contributed by atoms with E-state index in [1.807, 2.05) is 6.92 Å². The minimum atomic E-state index is 0.00158. The maximum absolute atomic E-state index is 11.3. The molecule has 0 aromatic rings. The van der Waals surface area contributed by atoms with Gasteiger partial charge in [-0.25, -0.2) is 0 Å². The summed E-state index contributed by atoms with van der Waals surface area (Å²) in [6, 6.07) is 0. The van der Waals surface area contributed by atoms with Gasteiger partial charge in [0.15, 0.2) is 0 Å². The lowest BCUT2D eigenvalue weighted by Gasteiger charge is -2.12. The third-order valence-corrected chi connectivity index (χ3v) is 3.46. The van der Waals surface area contributed by atoms with Crippen LogP contribution in [0, 0.1) is 5.92 Å². The van der Waals surface area contributed by atoms with Crippen LogP contribution < -0.4 is 0 Å². The summed E-state index contributed by atoms with van der Waals surface area (Å²) in [6.07, 6.45) is 10.5. The molecule has 0 N–H and O–H groups in total. The van der Waals surface area contributed by atoms with E-state index in [2.05, 4.69) is 6.92 Å². The monoisotopic (exact) mass is 226 g/mol. The smallest absolute Gasteiger partial charge is 0.306 e. The van der Waals surface area contributed by atoms with Gasteiger partial charge < -0.3 is 4.74 Å². The first-order chi connectivity index (χ1) is 7.76. The summed E-state index contributed by atoms with van der Waals surface area (Å²) in [5, 5.41) is 0. The molecule has 0 saturated heterocycles. The minimum Gasteiger partial charge on any atom is -0.462 e. The standard InChI is InChI=1S/C14H26O2/c1-3-5-6-8-12-9-10-13(11-12)16-14(15)7-4-2/h12-13H,3-11H2,1-2H3. The van der Waals surface area contributed by atoms with Gasteiger partial charge in [0.1, 0.15) is 6.10 Å². The van der Waals surface area contributed by atoms with E-state index < -0.39 is 0 Å². The predicted molar refractivity (Wildman–Crippen MR) is 66.3 cm³/mol. The molecule has 1 saturated carbocycles. The summed E-state index contributed by atoms with van der Waals surface area (Å²) >= 11 is 0. The van der Waals surface area contributed by atoms with Gasteiger partial charge in [-0.15, -0.1) is 0 Å². The molecule has 94 valence electrons. The van der Waals surface area contributed by atoms with E-state index >= 15 is 0 Å². The van der Waals surface area contributed by atoms with Crippen LogP contribution in [-0.2, 0) is 9.53 Å². The Balaban J connectivity index is 2.12. The van der Waals surface area contributed by atoms with Crippen molar-refractivity contribution in [1.29, 1.82) is 0 Å². The molecule has 0 aromatic carbocycles. The van der Waals surface area contributed by atoms with E-state index in [-0.39, 0.29) is 12.1 Å². The zero-order valence-corrected chi connectivity index (χ0v) is 10.8. The maximum Gasteiger partial charge on any atom is 0.306 e. The van der Waals surface area contributed by atoms with E-state index in [1.165, 1.54) is 32.1 Å². The number of esters is 1. The molecule has 0 heterocycles. The topological polar surface area (TPSA) is 26.3 Å². The molecule has 0 aliphatic heterocycles. The fourth-order valence-electron chi connectivity index (χ4n) is 2.53. The molecule has 0 radical (unpaired) electrons. The quantitative estimate of drug-likeness (QED) is 0.483. The SMILES string of the molecule is CCCCCC1CCC(OC(=O)CCC)C1. The van der Waals surface area contributed by atoms with Crippen molar-refractivity contribution in [2.45, 2.75) is 77.7 Å². The normalized spacial score (nSPS) is 24.6. The summed E-state index contributed by atoms with van der Waals surface area (Å²) in [5.74, 6) is 0.813. The van der Waals surface area contributed by atoms with Crippen molar-refractivity contribution in [2.24, 2.45) is 5.92 Å². The van der Waals surface area contributed by atoms with Crippen molar-refractivity contribution in [1.82, 2.24) is 0 Å². The van der Waals surface area contributed by atoms with E-state index in [0.29, 0.717) is 6.42 Å². The fourth-order valence-corrected chi connectivity index (χ4v) is 2.53. The van der Waals surface area contributed by atoms with Crippen LogP contribution in [0.3, 0.4) is 0 Å². The van der Waals surface area contributed by atoms with Crippen molar-refractivity contribution in [2.75, 3.05) is 0 Å². The molecule has 0 amide bonds. The van der Waals surface area contributed by atoms with Crippen molar-refractivity contribution in [3.8, 4) is 0 Å². The molecule has 2 nitrogen and oxygen atoms in total. The highest BCUT2D eigenvalue weighted by Gasteiger charge is 2.26. The Bertz CT molecular complexity index is 201. The Labute approximate surface area is 99.8 Å². The van der Waals surface area contributed by atoms with E-state index in [4.69, 9.17) is 4.74 Å². The van der Waals surface area contributed by atoms with E-state index in [9.17, 15) is 4.79 Å². The van der Waals surface area contributed by atoms with Crippen molar-refractivity contribution >= 4 is 5.97 Å². The summed E-state index contributed by atoms with van der Waals surface area (Å²) in [4.78, 5) is 11.3. The molecule has 1 aliphatic rings. The van der Waals surface area contributed by atoms with Crippen LogP contribution in [0.15, 0.2) is 0 Å². The zero-order chi connectivity index (χ0) is 11.8. The Kier molecular flexibility index (Phi) is 6.51. The molecule has 0 bridgehead atoms. The highest BCUT2D eigenvalue weighted by atomic mass is 16.5. The highest BCUT2D eigenvalue weighted by Crippen LogP contribution is 2.31. The van der Waals surface area contributed by atoms with Crippen LogP contribution in [0.1, 0.15) is 71.6 Å². The number of hydrogen-bond donors (Lipinski definition) is 0. The molecular weight excluding hydrogens is 200 g/mol.